The lowest BCUT2D eigenvalue weighted by molar-refractivity contribution is -0.118. The van der Waals surface area contributed by atoms with E-state index in [0.29, 0.717) is 34.5 Å². The first kappa shape index (κ1) is 24.3. The Morgan fingerprint density at radius 1 is 0.914 bits per heavy atom. The Kier molecular flexibility index (Phi) is 7.67. The number of hydrogen-bond donors (Lipinski definition) is 1. The number of carbonyl (C=O) groups excluding carboxylic acids is 1. The van der Waals surface area contributed by atoms with Gasteiger partial charge in [0.1, 0.15) is 16.5 Å². The van der Waals surface area contributed by atoms with E-state index in [0.717, 1.165) is 21.9 Å². The summed E-state index contributed by atoms with van der Waals surface area (Å²) in [5.41, 5.74) is 2.25. The highest BCUT2D eigenvalue weighted by Crippen LogP contribution is 2.38. The third-order valence-corrected chi connectivity index (χ3v) is 6.31. The predicted molar refractivity (Wildman–Crippen MR) is 134 cm³/mol. The van der Waals surface area contributed by atoms with Crippen molar-refractivity contribution in [2.45, 2.75) is 11.6 Å². The van der Waals surface area contributed by atoms with Crippen LogP contribution in [0.2, 0.25) is 0 Å². The number of nitrogens with one attached hydrogen (secondary N) is 1. The molecule has 0 atom stereocenters. The Hall–Kier alpha value is -3.85. The quantitative estimate of drug-likeness (QED) is 0.333. The number of aromatic nitrogens is 2. The van der Waals surface area contributed by atoms with E-state index in [-0.39, 0.29) is 17.5 Å². The zero-order valence-corrected chi connectivity index (χ0v) is 20.3. The monoisotopic (exact) mass is 493 g/mol. The second kappa shape index (κ2) is 11.1. The molecule has 0 aliphatic carbocycles. The molecule has 0 saturated heterocycles. The van der Waals surface area contributed by atoms with Crippen molar-refractivity contribution in [3.05, 3.63) is 72.0 Å². The van der Waals surface area contributed by atoms with Crippen LogP contribution >= 0.6 is 11.8 Å². The molecular formula is C26H24FN3O4S. The maximum Gasteiger partial charge on any atom is 0.230 e. The smallest absolute Gasteiger partial charge is 0.230 e. The topological polar surface area (TPSA) is 82.6 Å². The first-order valence-corrected chi connectivity index (χ1v) is 11.7. The van der Waals surface area contributed by atoms with Crippen LogP contribution in [-0.4, -0.2) is 43.2 Å². The second-order valence-corrected chi connectivity index (χ2v) is 8.47. The number of thioether (sulfide) groups is 1. The van der Waals surface area contributed by atoms with Gasteiger partial charge in [-0.05, 0) is 42.0 Å². The zero-order valence-electron chi connectivity index (χ0n) is 19.5. The lowest BCUT2D eigenvalue weighted by atomic mass is 10.1. The van der Waals surface area contributed by atoms with E-state index < -0.39 is 0 Å². The predicted octanol–water partition coefficient (Wildman–Crippen LogP) is 4.87. The van der Waals surface area contributed by atoms with Gasteiger partial charge in [0.2, 0.25) is 11.7 Å². The summed E-state index contributed by atoms with van der Waals surface area (Å²) in [4.78, 5) is 12.6. The molecule has 0 radical (unpaired) electrons. The number of methoxy groups -OCH3 is 3. The lowest BCUT2D eigenvalue weighted by Crippen LogP contribution is -2.24. The van der Waals surface area contributed by atoms with Crippen molar-refractivity contribution in [3.8, 4) is 28.5 Å². The molecule has 0 aliphatic heterocycles. The molecule has 0 aliphatic rings. The molecule has 3 aromatic carbocycles. The van der Waals surface area contributed by atoms with Gasteiger partial charge in [0.05, 0.1) is 27.1 Å². The van der Waals surface area contributed by atoms with Crippen molar-refractivity contribution >= 4 is 28.4 Å². The molecule has 4 aromatic rings. The van der Waals surface area contributed by atoms with E-state index >= 15 is 0 Å². The number of halogens is 1. The van der Waals surface area contributed by atoms with Gasteiger partial charge in [-0.15, -0.1) is 10.2 Å². The van der Waals surface area contributed by atoms with Gasteiger partial charge in [-0.3, -0.25) is 4.79 Å². The van der Waals surface area contributed by atoms with E-state index in [1.54, 1.807) is 38.5 Å². The summed E-state index contributed by atoms with van der Waals surface area (Å²) in [5, 5.41) is 14.0. The highest BCUT2D eigenvalue weighted by molar-refractivity contribution is 8.00. The van der Waals surface area contributed by atoms with Crippen molar-refractivity contribution in [2.75, 3.05) is 27.1 Å². The van der Waals surface area contributed by atoms with Crippen LogP contribution in [0.1, 0.15) is 5.56 Å². The lowest BCUT2D eigenvalue weighted by Gasteiger charge is -2.14. The molecule has 0 fully saturated rings. The fourth-order valence-corrected chi connectivity index (χ4v) is 4.43. The van der Waals surface area contributed by atoms with Crippen molar-refractivity contribution in [3.63, 3.8) is 0 Å². The van der Waals surface area contributed by atoms with Crippen LogP contribution in [0.15, 0.2) is 65.7 Å². The van der Waals surface area contributed by atoms with Gasteiger partial charge in [0.25, 0.3) is 0 Å². The van der Waals surface area contributed by atoms with Crippen LogP contribution in [0.4, 0.5) is 4.39 Å². The molecule has 0 saturated carbocycles. The minimum absolute atomic E-state index is 0.155. The number of rotatable bonds is 9. The number of amides is 1. The van der Waals surface area contributed by atoms with Gasteiger partial charge < -0.3 is 19.5 Å². The van der Waals surface area contributed by atoms with Crippen LogP contribution in [0.25, 0.3) is 22.0 Å². The van der Waals surface area contributed by atoms with E-state index in [4.69, 9.17) is 14.2 Å². The molecule has 1 N–H and O–H groups in total. The summed E-state index contributed by atoms with van der Waals surface area (Å²) in [6.45, 7) is 0.298. The number of fused-ring (bicyclic) bond motifs is 1. The minimum atomic E-state index is -0.310. The molecule has 7 nitrogen and oxygen atoms in total. The molecule has 9 heteroatoms. The molecule has 1 amide bonds. The highest BCUT2D eigenvalue weighted by Gasteiger charge is 2.15. The Morgan fingerprint density at radius 3 is 2.20 bits per heavy atom. The van der Waals surface area contributed by atoms with Gasteiger partial charge in [0.15, 0.2) is 11.5 Å². The van der Waals surface area contributed by atoms with Gasteiger partial charge in [-0.2, -0.15) is 0 Å². The van der Waals surface area contributed by atoms with Crippen molar-refractivity contribution in [1.82, 2.24) is 15.5 Å². The van der Waals surface area contributed by atoms with Crippen LogP contribution < -0.4 is 19.5 Å². The maximum atomic E-state index is 13.3. The molecular weight excluding hydrogens is 469 g/mol. The Labute approximate surface area is 206 Å². The summed E-state index contributed by atoms with van der Waals surface area (Å²) < 4.78 is 29.4. The van der Waals surface area contributed by atoms with Crippen LogP contribution in [-0.2, 0) is 11.3 Å². The standard InChI is InChI=1S/C26H24FN3O4S/c1-32-21-12-16(13-22(33-2)25(21)34-3)14-28-23(31)15-35-26-20-7-5-4-6-19(20)24(29-30-26)17-8-10-18(27)11-9-17/h4-13H,14-15H2,1-3H3,(H,28,31). The van der Waals surface area contributed by atoms with Crippen molar-refractivity contribution < 1.29 is 23.4 Å². The van der Waals surface area contributed by atoms with Crippen LogP contribution in [0.5, 0.6) is 17.2 Å². The third-order valence-electron chi connectivity index (χ3n) is 5.33. The summed E-state index contributed by atoms with van der Waals surface area (Å²) >= 11 is 1.31. The SMILES string of the molecule is COc1cc(CNC(=O)CSc2nnc(-c3ccc(F)cc3)c3ccccc23)cc(OC)c1OC. The molecule has 180 valence electrons. The average Bonchev–Trinajstić information content (AvgIpc) is 2.90. The van der Waals surface area contributed by atoms with E-state index in [1.807, 2.05) is 24.3 Å². The molecule has 0 bridgehead atoms. The number of ether oxygens (including phenoxy) is 3. The largest absolute Gasteiger partial charge is 0.493 e. The Morgan fingerprint density at radius 2 is 1.57 bits per heavy atom. The first-order valence-electron chi connectivity index (χ1n) is 10.7. The summed E-state index contributed by atoms with van der Waals surface area (Å²) in [7, 11) is 4.63. The summed E-state index contributed by atoms with van der Waals surface area (Å²) in [6, 6.07) is 17.4. The molecule has 4 rings (SSSR count). The third kappa shape index (κ3) is 5.46. The molecule has 1 heterocycles. The van der Waals surface area contributed by atoms with E-state index in [2.05, 4.69) is 15.5 Å². The van der Waals surface area contributed by atoms with Gasteiger partial charge in [-0.1, -0.05) is 36.0 Å². The number of nitrogens with zero attached hydrogens (tertiary/aromatic N) is 2. The average molecular weight is 494 g/mol. The molecule has 1 aromatic heterocycles. The molecule has 35 heavy (non-hydrogen) atoms. The van der Waals surface area contributed by atoms with Gasteiger partial charge >= 0.3 is 0 Å². The number of benzene rings is 3. The van der Waals surface area contributed by atoms with Crippen LogP contribution in [0.3, 0.4) is 0 Å². The first-order chi connectivity index (χ1) is 17.0. The maximum absolute atomic E-state index is 13.3. The van der Waals surface area contributed by atoms with Gasteiger partial charge in [-0.25, -0.2) is 4.39 Å². The summed E-state index contributed by atoms with van der Waals surface area (Å²) in [5.74, 6) is 1.24. The number of carbonyl (C=O) groups is 1. The van der Waals surface area contributed by atoms with E-state index in [9.17, 15) is 9.18 Å². The zero-order chi connectivity index (χ0) is 24.8. The van der Waals surface area contributed by atoms with E-state index in [1.165, 1.54) is 31.0 Å². The number of hydrogen-bond acceptors (Lipinski definition) is 7. The molecule has 0 spiro atoms. The summed E-state index contributed by atoms with van der Waals surface area (Å²) in [6.07, 6.45) is 0. The normalized spacial score (nSPS) is 10.7. The fourth-order valence-electron chi connectivity index (χ4n) is 3.63. The Bertz CT molecular complexity index is 1320. The van der Waals surface area contributed by atoms with Crippen molar-refractivity contribution in [2.24, 2.45) is 0 Å². The molecule has 0 unspecified atom stereocenters. The second-order valence-electron chi connectivity index (χ2n) is 7.51. The minimum Gasteiger partial charge on any atom is -0.493 e. The van der Waals surface area contributed by atoms with Crippen LogP contribution in [0, 0.1) is 5.82 Å². The van der Waals surface area contributed by atoms with Crippen molar-refractivity contribution in [1.29, 1.82) is 0 Å². The highest BCUT2D eigenvalue weighted by atomic mass is 32.2. The fraction of sp³-hybridized carbons (Fsp3) is 0.192. The Balaban J connectivity index is 1.46. The van der Waals surface area contributed by atoms with Gasteiger partial charge in [0, 0.05) is 22.9 Å².